The van der Waals surface area contributed by atoms with E-state index >= 15 is 0 Å². The van der Waals surface area contributed by atoms with E-state index in [0.717, 1.165) is 0 Å². The topological polar surface area (TPSA) is 59.1 Å². The van der Waals surface area contributed by atoms with Crippen LogP contribution < -0.4 is 9.64 Å². The van der Waals surface area contributed by atoms with Crippen LogP contribution in [0.3, 0.4) is 0 Å². The summed E-state index contributed by atoms with van der Waals surface area (Å²) in [6.45, 7) is 5.03. The Bertz CT molecular complexity index is 760. The summed E-state index contributed by atoms with van der Waals surface area (Å²) in [6, 6.07) is 15.2. The molecule has 0 aromatic heterocycles. The van der Waals surface area contributed by atoms with E-state index in [9.17, 15) is 9.59 Å². The first-order valence-corrected chi connectivity index (χ1v) is 9.37. The highest BCUT2D eigenvalue weighted by Gasteiger charge is 2.29. The van der Waals surface area contributed by atoms with Crippen LogP contribution in [0.2, 0.25) is 0 Å². The zero-order valence-corrected chi connectivity index (χ0v) is 16.9. The van der Waals surface area contributed by atoms with Gasteiger partial charge in [0.2, 0.25) is 0 Å². The molecule has 1 unspecified atom stereocenters. The molecule has 2 aromatic carbocycles. The number of hydrogen-bond donors (Lipinski definition) is 0. The SMILES string of the molecule is CCOc1ccc(N(C(=O)c2ccccc2)C(C)C(=O)OCCN(C)C)cc1. The quantitative estimate of drug-likeness (QED) is 0.621. The molecule has 1 amide bonds. The van der Waals surface area contributed by atoms with Gasteiger partial charge >= 0.3 is 5.97 Å². The van der Waals surface area contributed by atoms with E-state index in [1.165, 1.54) is 4.90 Å². The molecular weight excluding hydrogens is 356 g/mol. The summed E-state index contributed by atoms with van der Waals surface area (Å²) in [4.78, 5) is 29.1. The molecule has 0 fully saturated rings. The zero-order chi connectivity index (χ0) is 20.5. The summed E-state index contributed by atoms with van der Waals surface area (Å²) in [5, 5.41) is 0. The van der Waals surface area contributed by atoms with Gasteiger partial charge in [0.1, 0.15) is 18.4 Å². The molecule has 6 nitrogen and oxygen atoms in total. The van der Waals surface area contributed by atoms with Gasteiger partial charge in [-0.1, -0.05) is 18.2 Å². The highest BCUT2D eigenvalue weighted by atomic mass is 16.5. The van der Waals surface area contributed by atoms with Crippen LogP contribution in [-0.2, 0) is 9.53 Å². The number of hydrogen-bond acceptors (Lipinski definition) is 5. The monoisotopic (exact) mass is 384 g/mol. The van der Waals surface area contributed by atoms with Crippen molar-refractivity contribution in [1.29, 1.82) is 0 Å². The summed E-state index contributed by atoms with van der Waals surface area (Å²) in [5.74, 6) is 0.00130. The molecule has 0 saturated carbocycles. The Kier molecular flexibility index (Phi) is 8.02. The average Bonchev–Trinajstić information content (AvgIpc) is 2.69. The van der Waals surface area contributed by atoms with Gasteiger partial charge in [0.05, 0.1) is 6.61 Å². The number of nitrogens with zero attached hydrogens (tertiary/aromatic N) is 2. The molecule has 0 aliphatic carbocycles. The molecule has 0 saturated heterocycles. The van der Waals surface area contributed by atoms with E-state index in [0.29, 0.717) is 30.2 Å². The minimum absolute atomic E-state index is 0.262. The predicted molar refractivity (Wildman–Crippen MR) is 110 cm³/mol. The Balaban J connectivity index is 2.27. The Morgan fingerprint density at radius 1 is 1.00 bits per heavy atom. The van der Waals surface area contributed by atoms with Gasteiger partial charge < -0.3 is 14.4 Å². The summed E-state index contributed by atoms with van der Waals surface area (Å²) >= 11 is 0. The van der Waals surface area contributed by atoms with E-state index in [2.05, 4.69) is 0 Å². The van der Waals surface area contributed by atoms with E-state index in [4.69, 9.17) is 9.47 Å². The number of carbonyl (C=O) groups excluding carboxylic acids is 2. The fourth-order valence-corrected chi connectivity index (χ4v) is 2.66. The summed E-state index contributed by atoms with van der Waals surface area (Å²) in [7, 11) is 3.81. The lowest BCUT2D eigenvalue weighted by atomic mass is 10.1. The molecule has 150 valence electrons. The fraction of sp³-hybridized carbons (Fsp3) is 0.364. The lowest BCUT2D eigenvalue weighted by Crippen LogP contribution is -2.44. The van der Waals surface area contributed by atoms with Gasteiger partial charge in [-0.25, -0.2) is 4.79 Å². The molecule has 0 spiro atoms. The molecule has 2 rings (SSSR count). The molecule has 2 aromatic rings. The van der Waals surface area contributed by atoms with E-state index in [1.54, 1.807) is 55.5 Å². The number of esters is 1. The number of anilines is 1. The lowest BCUT2D eigenvalue weighted by Gasteiger charge is -2.28. The van der Waals surface area contributed by atoms with Crippen molar-refractivity contribution in [3.63, 3.8) is 0 Å². The molecule has 28 heavy (non-hydrogen) atoms. The Morgan fingerprint density at radius 2 is 1.64 bits per heavy atom. The molecule has 0 aliphatic heterocycles. The van der Waals surface area contributed by atoms with Crippen molar-refractivity contribution in [2.75, 3.05) is 38.8 Å². The zero-order valence-electron chi connectivity index (χ0n) is 16.9. The highest BCUT2D eigenvalue weighted by Crippen LogP contribution is 2.24. The number of ether oxygens (including phenoxy) is 2. The van der Waals surface area contributed by atoms with Crippen LogP contribution in [0.1, 0.15) is 24.2 Å². The predicted octanol–water partition coefficient (Wildman–Crippen LogP) is 3.23. The maximum absolute atomic E-state index is 13.2. The van der Waals surface area contributed by atoms with Gasteiger partial charge in [0, 0.05) is 17.8 Å². The molecule has 0 aliphatic rings. The number of likely N-dealkylation sites (N-methyl/N-ethyl adjacent to an activating group) is 1. The molecule has 0 heterocycles. The first-order valence-electron chi connectivity index (χ1n) is 9.37. The molecule has 6 heteroatoms. The Morgan fingerprint density at radius 3 is 2.21 bits per heavy atom. The highest BCUT2D eigenvalue weighted by molar-refractivity contribution is 6.09. The number of benzene rings is 2. The number of rotatable bonds is 9. The van der Waals surface area contributed by atoms with Crippen LogP contribution in [0.5, 0.6) is 5.75 Å². The van der Waals surface area contributed by atoms with Gasteiger partial charge in [-0.15, -0.1) is 0 Å². The van der Waals surface area contributed by atoms with Crippen LogP contribution in [0, 0.1) is 0 Å². The van der Waals surface area contributed by atoms with Crippen molar-refractivity contribution in [3.05, 3.63) is 60.2 Å². The van der Waals surface area contributed by atoms with Crippen LogP contribution in [0.25, 0.3) is 0 Å². The average molecular weight is 384 g/mol. The summed E-state index contributed by atoms with van der Waals surface area (Å²) < 4.78 is 10.8. The number of carbonyl (C=O) groups is 2. The van der Waals surface area contributed by atoms with E-state index < -0.39 is 12.0 Å². The van der Waals surface area contributed by atoms with E-state index in [1.807, 2.05) is 32.0 Å². The minimum atomic E-state index is -0.771. The second-order valence-electron chi connectivity index (χ2n) is 6.61. The van der Waals surface area contributed by atoms with Crippen molar-refractivity contribution in [2.24, 2.45) is 0 Å². The summed E-state index contributed by atoms with van der Waals surface area (Å²) in [5.41, 5.74) is 1.11. The first kappa shape index (κ1) is 21.4. The molecule has 1 atom stereocenters. The standard InChI is InChI=1S/C22H28N2O4/c1-5-27-20-13-11-19(12-14-20)24(21(25)18-9-7-6-8-10-18)17(2)22(26)28-16-15-23(3)4/h6-14,17H,5,15-16H2,1-4H3. The van der Waals surface area contributed by atoms with E-state index in [-0.39, 0.29) is 12.5 Å². The molecule has 0 radical (unpaired) electrons. The third-order valence-corrected chi connectivity index (χ3v) is 4.18. The second-order valence-corrected chi connectivity index (χ2v) is 6.61. The number of amides is 1. The second kappa shape index (κ2) is 10.5. The van der Waals surface area contributed by atoms with Crippen molar-refractivity contribution in [1.82, 2.24) is 4.90 Å². The van der Waals surface area contributed by atoms with Gasteiger partial charge in [0.15, 0.2) is 0 Å². The van der Waals surface area contributed by atoms with Gasteiger partial charge in [-0.05, 0) is 64.3 Å². The van der Waals surface area contributed by atoms with Crippen LogP contribution in [0.15, 0.2) is 54.6 Å². The van der Waals surface area contributed by atoms with Gasteiger partial charge in [0.25, 0.3) is 5.91 Å². The maximum atomic E-state index is 13.2. The van der Waals surface area contributed by atoms with Crippen molar-refractivity contribution in [3.8, 4) is 5.75 Å². The summed E-state index contributed by atoms with van der Waals surface area (Å²) in [6.07, 6.45) is 0. The lowest BCUT2D eigenvalue weighted by molar-refractivity contribution is -0.145. The van der Waals surface area contributed by atoms with Crippen LogP contribution in [0.4, 0.5) is 5.69 Å². The van der Waals surface area contributed by atoms with Crippen molar-refractivity contribution in [2.45, 2.75) is 19.9 Å². The third kappa shape index (κ3) is 5.82. The van der Waals surface area contributed by atoms with Crippen LogP contribution >= 0.6 is 0 Å². The molecular formula is C22H28N2O4. The largest absolute Gasteiger partial charge is 0.494 e. The smallest absolute Gasteiger partial charge is 0.329 e. The first-order chi connectivity index (χ1) is 13.4. The minimum Gasteiger partial charge on any atom is -0.494 e. The normalized spacial score (nSPS) is 11.8. The van der Waals surface area contributed by atoms with Gasteiger partial charge in [-0.2, -0.15) is 0 Å². The van der Waals surface area contributed by atoms with Crippen molar-refractivity contribution < 1.29 is 19.1 Å². The fourth-order valence-electron chi connectivity index (χ4n) is 2.66. The Hall–Kier alpha value is -2.86. The maximum Gasteiger partial charge on any atom is 0.329 e. The Labute approximate surface area is 166 Å². The van der Waals surface area contributed by atoms with Crippen molar-refractivity contribution >= 4 is 17.6 Å². The third-order valence-electron chi connectivity index (χ3n) is 4.18. The molecule has 0 N–H and O–H groups in total. The van der Waals surface area contributed by atoms with Crippen LogP contribution in [-0.4, -0.2) is 56.7 Å². The molecule has 0 bridgehead atoms. The van der Waals surface area contributed by atoms with Gasteiger partial charge in [-0.3, -0.25) is 9.69 Å².